The van der Waals surface area contributed by atoms with Crippen molar-refractivity contribution in [3.8, 4) is 0 Å². The van der Waals surface area contributed by atoms with Crippen LogP contribution in [0.3, 0.4) is 0 Å². The molecular formula is C9H22O3Si. The SMILES string of the molecule is CO[Si](C)(C)CCCOCC(C)O. The van der Waals surface area contributed by atoms with Crippen molar-refractivity contribution in [1.29, 1.82) is 0 Å². The molecule has 0 bridgehead atoms. The maximum Gasteiger partial charge on any atom is 0.186 e. The van der Waals surface area contributed by atoms with Gasteiger partial charge in [0.1, 0.15) is 0 Å². The number of aliphatic hydroxyl groups excluding tert-OH is 1. The molecule has 0 saturated heterocycles. The van der Waals surface area contributed by atoms with Crippen molar-refractivity contribution in [3.63, 3.8) is 0 Å². The lowest BCUT2D eigenvalue weighted by Gasteiger charge is -2.19. The second-order valence-electron chi connectivity index (χ2n) is 3.99. The van der Waals surface area contributed by atoms with Crippen LogP contribution in [0.1, 0.15) is 13.3 Å². The standard InChI is InChI=1S/C9H22O3Si/c1-9(10)8-12-6-5-7-13(3,4)11-2/h9-10H,5-8H2,1-4H3. The molecule has 0 heterocycles. The van der Waals surface area contributed by atoms with Gasteiger partial charge < -0.3 is 14.3 Å². The molecule has 0 aromatic carbocycles. The number of hydrogen-bond acceptors (Lipinski definition) is 3. The van der Waals surface area contributed by atoms with E-state index in [0.717, 1.165) is 19.1 Å². The number of ether oxygens (including phenoxy) is 1. The zero-order chi connectivity index (χ0) is 10.3. The van der Waals surface area contributed by atoms with E-state index < -0.39 is 8.32 Å². The highest BCUT2D eigenvalue weighted by atomic mass is 28.4. The first-order valence-corrected chi connectivity index (χ1v) is 7.90. The van der Waals surface area contributed by atoms with Gasteiger partial charge >= 0.3 is 0 Å². The number of rotatable bonds is 7. The highest BCUT2D eigenvalue weighted by Crippen LogP contribution is 2.11. The van der Waals surface area contributed by atoms with Crippen LogP contribution in [0, 0.1) is 0 Å². The van der Waals surface area contributed by atoms with Crippen LogP contribution >= 0.6 is 0 Å². The van der Waals surface area contributed by atoms with Crippen LogP contribution in [-0.4, -0.2) is 39.9 Å². The molecule has 1 atom stereocenters. The molecule has 0 aromatic rings. The summed E-state index contributed by atoms with van der Waals surface area (Å²) >= 11 is 0. The molecule has 0 aliphatic carbocycles. The fraction of sp³-hybridized carbons (Fsp3) is 1.00. The largest absolute Gasteiger partial charge is 0.420 e. The summed E-state index contributed by atoms with van der Waals surface area (Å²) < 4.78 is 10.7. The van der Waals surface area contributed by atoms with E-state index >= 15 is 0 Å². The fourth-order valence-electron chi connectivity index (χ4n) is 0.956. The topological polar surface area (TPSA) is 38.7 Å². The smallest absolute Gasteiger partial charge is 0.186 e. The molecule has 4 heteroatoms. The third kappa shape index (κ3) is 8.43. The summed E-state index contributed by atoms with van der Waals surface area (Å²) in [4.78, 5) is 0. The summed E-state index contributed by atoms with van der Waals surface area (Å²) in [7, 11) is 0.384. The minimum absolute atomic E-state index is 0.354. The average Bonchev–Trinajstić information content (AvgIpc) is 2.03. The van der Waals surface area contributed by atoms with Crippen LogP contribution in [0.25, 0.3) is 0 Å². The molecular weight excluding hydrogens is 184 g/mol. The Morgan fingerprint density at radius 1 is 1.38 bits per heavy atom. The van der Waals surface area contributed by atoms with Crippen LogP contribution in [0.2, 0.25) is 19.1 Å². The van der Waals surface area contributed by atoms with Gasteiger partial charge in [-0.1, -0.05) is 0 Å². The molecule has 0 aliphatic rings. The molecule has 1 unspecified atom stereocenters. The average molecular weight is 206 g/mol. The summed E-state index contributed by atoms with van der Waals surface area (Å²) in [5.74, 6) is 0. The van der Waals surface area contributed by atoms with Crippen molar-refractivity contribution in [2.24, 2.45) is 0 Å². The van der Waals surface area contributed by atoms with E-state index in [1.165, 1.54) is 0 Å². The Kier molecular flexibility index (Phi) is 6.58. The Morgan fingerprint density at radius 2 is 2.00 bits per heavy atom. The minimum atomic E-state index is -1.40. The third-order valence-corrected chi connectivity index (χ3v) is 4.64. The lowest BCUT2D eigenvalue weighted by Crippen LogP contribution is -2.28. The molecule has 1 N–H and O–H groups in total. The zero-order valence-corrected chi connectivity index (χ0v) is 10.2. The molecule has 80 valence electrons. The van der Waals surface area contributed by atoms with Crippen molar-refractivity contribution in [2.75, 3.05) is 20.3 Å². The Labute approximate surface area is 82.2 Å². The van der Waals surface area contributed by atoms with Crippen molar-refractivity contribution in [3.05, 3.63) is 0 Å². The lowest BCUT2D eigenvalue weighted by atomic mass is 10.4. The lowest BCUT2D eigenvalue weighted by molar-refractivity contribution is 0.0463. The molecule has 0 saturated carbocycles. The predicted octanol–water partition coefficient (Wildman–Crippen LogP) is 1.63. The van der Waals surface area contributed by atoms with Crippen molar-refractivity contribution in [1.82, 2.24) is 0 Å². The highest BCUT2D eigenvalue weighted by molar-refractivity contribution is 6.71. The van der Waals surface area contributed by atoms with Crippen molar-refractivity contribution in [2.45, 2.75) is 38.6 Å². The Morgan fingerprint density at radius 3 is 2.46 bits per heavy atom. The monoisotopic (exact) mass is 206 g/mol. The normalized spacial score (nSPS) is 14.5. The molecule has 0 rings (SSSR count). The third-order valence-electron chi connectivity index (χ3n) is 1.98. The Hall–Kier alpha value is 0.0969. The Bertz CT molecular complexity index is 126. The quantitative estimate of drug-likeness (QED) is 0.508. The van der Waals surface area contributed by atoms with Gasteiger partial charge in [-0.05, 0) is 32.5 Å². The molecule has 0 aliphatic heterocycles. The van der Waals surface area contributed by atoms with Gasteiger partial charge in [0.05, 0.1) is 12.7 Å². The molecule has 3 nitrogen and oxygen atoms in total. The zero-order valence-electron chi connectivity index (χ0n) is 9.17. The van der Waals surface area contributed by atoms with Gasteiger partial charge in [0.25, 0.3) is 0 Å². The van der Waals surface area contributed by atoms with Crippen LogP contribution in [0.15, 0.2) is 0 Å². The van der Waals surface area contributed by atoms with E-state index in [2.05, 4.69) is 13.1 Å². The second kappa shape index (κ2) is 6.54. The summed E-state index contributed by atoms with van der Waals surface area (Å²) in [5, 5.41) is 8.92. The van der Waals surface area contributed by atoms with Crippen LogP contribution in [0.4, 0.5) is 0 Å². The highest BCUT2D eigenvalue weighted by Gasteiger charge is 2.19. The van der Waals surface area contributed by atoms with Gasteiger partial charge in [0.2, 0.25) is 0 Å². The molecule has 0 aromatic heterocycles. The Balaban J connectivity index is 3.26. The molecule has 0 amide bonds. The maximum atomic E-state index is 8.92. The summed E-state index contributed by atoms with van der Waals surface area (Å²) in [5.41, 5.74) is 0. The van der Waals surface area contributed by atoms with E-state index in [9.17, 15) is 0 Å². The van der Waals surface area contributed by atoms with Gasteiger partial charge in [0.15, 0.2) is 8.32 Å². The van der Waals surface area contributed by atoms with Crippen molar-refractivity contribution >= 4 is 8.32 Å². The number of aliphatic hydroxyl groups is 1. The molecule has 0 radical (unpaired) electrons. The first-order chi connectivity index (χ1) is 5.98. The molecule has 0 fully saturated rings. The predicted molar refractivity (Wildman–Crippen MR) is 56.4 cm³/mol. The van der Waals surface area contributed by atoms with Crippen LogP contribution in [-0.2, 0) is 9.16 Å². The van der Waals surface area contributed by atoms with Crippen molar-refractivity contribution < 1.29 is 14.3 Å². The van der Waals surface area contributed by atoms with Gasteiger partial charge in [-0.15, -0.1) is 0 Å². The van der Waals surface area contributed by atoms with Gasteiger partial charge in [-0.25, -0.2) is 0 Å². The molecule has 0 spiro atoms. The van der Waals surface area contributed by atoms with E-state index in [-0.39, 0.29) is 6.10 Å². The fourth-order valence-corrected chi connectivity index (χ4v) is 2.16. The number of hydrogen-bond donors (Lipinski definition) is 1. The van der Waals surface area contributed by atoms with Gasteiger partial charge in [-0.3, -0.25) is 0 Å². The second-order valence-corrected chi connectivity index (χ2v) is 8.42. The first kappa shape index (κ1) is 13.1. The molecule has 13 heavy (non-hydrogen) atoms. The van der Waals surface area contributed by atoms with E-state index in [1.807, 2.05) is 0 Å². The minimum Gasteiger partial charge on any atom is -0.420 e. The maximum absolute atomic E-state index is 8.92. The summed E-state index contributed by atoms with van der Waals surface area (Å²) in [6.45, 7) is 7.29. The van der Waals surface area contributed by atoms with Gasteiger partial charge in [-0.2, -0.15) is 0 Å². The van der Waals surface area contributed by atoms with E-state index in [4.69, 9.17) is 14.3 Å². The van der Waals surface area contributed by atoms with E-state index in [1.54, 1.807) is 14.0 Å². The summed E-state index contributed by atoms with van der Waals surface area (Å²) in [6.07, 6.45) is 0.674. The van der Waals surface area contributed by atoms with Crippen LogP contribution < -0.4 is 0 Å². The van der Waals surface area contributed by atoms with Crippen LogP contribution in [0.5, 0.6) is 0 Å². The first-order valence-electron chi connectivity index (χ1n) is 4.79. The summed E-state index contributed by atoms with van der Waals surface area (Å²) in [6, 6.07) is 1.11. The van der Waals surface area contributed by atoms with E-state index in [0.29, 0.717) is 6.61 Å². The van der Waals surface area contributed by atoms with Gasteiger partial charge in [0, 0.05) is 13.7 Å².